The molecule has 2 heterocycles. The van der Waals surface area contributed by atoms with Crippen LogP contribution in [-0.2, 0) is 9.84 Å². The van der Waals surface area contributed by atoms with Gasteiger partial charge in [-0.05, 0) is 31.4 Å². The number of rotatable bonds is 3. The predicted molar refractivity (Wildman–Crippen MR) is 75.5 cm³/mol. The third-order valence-electron chi connectivity index (χ3n) is 3.77. The maximum absolute atomic E-state index is 12.7. The van der Waals surface area contributed by atoms with Crippen molar-refractivity contribution in [1.82, 2.24) is 9.88 Å². The molecule has 2 fully saturated rings. The normalized spacial score (nSPS) is 24.6. The van der Waals surface area contributed by atoms with Gasteiger partial charge in [-0.3, -0.25) is 4.79 Å². The van der Waals surface area contributed by atoms with Crippen molar-refractivity contribution in [2.24, 2.45) is 0 Å². The van der Waals surface area contributed by atoms with E-state index in [0.717, 1.165) is 12.8 Å². The van der Waals surface area contributed by atoms with Gasteiger partial charge in [0.25, 0.3) is 5.91 Å². The van der Waals surface area contributed by atoms with E-state index in [1.54, 1.807) is 17.0 Å². The third kappa shape index (κ3) is 2.67. The minimum Gasteiger partial charge on any atom is -0.332 e. The molecule has 5 nitrogen and oxygen atoms in total. The van der Waals surface area contributed by atoms with Crippen LogP contribution in [0.4, 0.5) is 0 Å². The first-order valence-corrected chi connectivity index (χ1v) is 8.81. The molecule has 2 aliphatic rings. The zero-order chi connectivity index (χ0) is 14.3. The highest BCUT2D eigenvalue weighted by Crippen LogP contribution is 2.34. The molecule has 7 heteroatoms. The number of sulfone groups is 1. The van der Waals surface area contributed by atoms with E-state index in [1.807, 2.05) is 0 Å². The summed E-state index contributed by atoms with van der Waals surface area (Å²) in [5.41, 5.74) is 0.352. The molecule has 1 aromatic rings. The molecule has 1 saturated carbocycles. The van der Waals surface area contributed by atoms with Gasteiger partial charge in [-0.1, -0.05) is 11.6 Å². The molecule has 1 aliphatic carbocycles. The number of aromatic nitrogens is 1. The molecule has 1 unspecified atom stereocenters. The number of hydrogen-bond donors (Lipinski definition) is 0. The van der Waals surface area contributed by atoms with Gasteiger partial charge < -0.3 is 4.90 Å². The summed E-state index contributed by atoms with van der Waals surface area (Å²) in [6.45, 7) is 0. The molecule has 3 rings (SSSR count). The van der Waals surface area contributed by atoms with Crippen molar-refractivity contribution in [2.75, 3.05) is 11.5 Å². The molecule has 0 aromatic carbocycles. The number of halogens is 1. The summed E-state index contributed by atoms with van der Waals surface area (Å²) in [4.78, 5) is 18.3. The molecule has 1 atom stereocenters. The summed E-state index contributed by atoms with van der Waals surface area (Å²) in [6, 6.07) is 3.22. The van der Waals surface area contributed by atoms with E-state index in [0.29, 0.717) is 12.0 Å². The Balaban J connectivity index is 1.88. The smallest absolute Gasteiger partial charge is 0.257 e. The fourth-order valence-electron chi connectivity index (χ4n) is 2.66. The van der Waals surface area contributed by atoms with Crippen molar-refractivity contribution in [3.8, 4) is 0 Å². The molecule has 1 amide bonds. The van der Waals surface area contributed by atoms with Crippen molar-refractivity contribution >= 4 is 27.3 Å². The fraction of sp³-hybridized carbons (Fsp3) is 0.538. The van der Waals surface area contributed by atoms with Crippen LogP contribution in [0, 0.1) is 0 Å². The Morgan fingerprint density at radius 2 is 2.05 bits per heavy atom. The second-order valence-corrected chi connectivity index (χ2v) is 7.93. The van der Waals surface area contributed by atoms with Crippen molar-refractivity contribution in [3.63, 3.8) is 0 Å². The Morgan fingerprint density at radius 3 is 2.60 bits per heavy atom. The first-order chi connectivity index (χ1) is 9.48. The standard InChI is InChI=1S/C13H15ClN2O3S/c14-12-11(2-1-6-15-12)13(17)16(9-3-4-9)10-5-7-20(18,19)8-10/h1-2,6,9-10H,3-5,7-8H2. The summed E-state index contributed by atoms with van der Waals surface area (Å²) in [5.74, 6) is 0.0231. The minimum atomic E-state index is -3.01. The molecule has 0 radical (unpaired) electrons. The average Bonchev–Trinajstić information content (AvgIpc) is 3.15. The number of nitrogens with zero attached hydrogens (tertiary/aromatic N) is 2. The lowest BCUT2D eigenvalue weighted by Gasteiger charge is -2.28. The largest absolute Gasteiger partial charge is 0.332 e. The zero-order valence-corrected chi connectivity index (χ0v) is 12.4. The Kier molecular flexibility index (Phi) is 3.46. The van der Waals surface area contributed by atoms with Crippen LogP contribution in [0.15, 0.2) is 18.3 Å². The number of pyridine rings is 1. The second-order valence-electron chi connectivity index (χ2n) is 5.34. The summed E-state index contributed by atoms with van der Waals surface area (Å²) in [6.07, 6.45) is 3.91. The maximum Gasteiger partial charge on any atom is 0.257 e. The van der Waals surface area contributed by atoms with Gasteiger partial charge in [-0.15, -0.1) is 0 Å². The number of hydrogen-bond acceptors (Lipinski definition) is 4. The van der Waals surface area contributed by atoms with Gasteiger partial charge in [0, 0.05) is 18.3 Å². The van der Waals surface area contributed by atoms with Gasteiger partial charge in [-0.2, -0.15) is 0 Å². The summed E-state index contributed by atoms with van der Waals surface area (Å²) in [5, 5.41) is 0.170. The van der Waals surface area contributed by atoms with Crippen LogP contribution in [0.3, 0.4) is 0 Å². The molecular formula is C13H15ClN2O3S. The molecular weight excluding hydrogens is 300 g/mol. The van der Waals surface area contributed by atoms with E-state index in [9.17, 15) is 13.2 Å². The van der Waals surface area contributed by atoms with E-state index in [2.05, 4.69) is 4.98 Å². The van der Waals surface area contributed by atoms with Gasteiger partial charge in [-0.25, -0.2) is 13.4 Å². The Morgan fingerprint density at radius 1 is 1.30 bits per heavy atom. The number of carbonyl (C=O) groups is 1. The van der Waals surface area contributed by atoms with Crippen molar-refractivity contribution in [2.45, 2.75) is 31.3 Å². The first-order valence-electron chi connectivity index (χ1n) is 6.61. The van der Waals surface area contributed by atoms with Crippen LogP contribution >= 0.6 is 11.6 Å². The molecule has 20 heavy (non-hydrogen) atoms. The monoisotopic (exact) mass is 314 g/mol. The Labute approximate surface area is 122 Å². The Hall–Kier alpha value is -1.14. The first kappa shape index (κ1) is 13.8. The lowest BCUT2D eigenvalue weighted by atomic mass is 10.1. The van der Waals surface area contributed by atoms with E-state index in [4.69, 9.17) is 11.6 Å². The van der Waals surface area contributed by atoms with E-state index in [1.165, 1.54) is 6.20 Å². The van der Waals surface area contributed by atoms with E-state index >= 15 is 0 Å². The van der Waals surface area contributed by atoms with E-state index in [-0.39, 0.29) is 34.6 Å². The quantitative estimate of drug-likeness (QED) is 0.793. The Bertz CT molecular complexity index is 643. The van der Waals surface area contributed by atoms with Crippen LogP contribution in [0.25, 0.3) is 0 Å². The number of carbonyl (C=O) groups excluding carboxylic acids is 1. The van der Waals surface area contributed by atoms with Crippen LogP contribution in [0.5, 0.6) is 0 Å². The van der Waals surface area contributed by atoms with Gasteiger partial charge in [0.05, 0.1) is 17.1 Å². The summed E-state index contributed by atoms with van der Waals surface area (Å²) >= 11 is 5.97. The van der Waals surface area contributed by atoms with Crippen LogP contribution < -0.4 is 0 Å². The van der Waals surface area contributed by atoms with Gasteiger partial charge >= 0.3 is 0 Å². The second kappa shape index (κ2) is 5.00. The molecule has 1 aliphatic heterocycles. The average molecular weight is 315 g/mol. The molecule has 1 saturated heterocycles. The van der Waals surface area contributed by atoms with E-state index < -0.39 is 9.84 Å². The van der Waals surface area contributed by atoms with Crippen LogP contribution in [0.1, 0.15) is 29.6 Å². The van der Waals surface area contributed by atoms with Crippen LogP contribution in [-0.4, -0.2) is 47.8 Å². The molecule has 0 bridgehead atoms. The van der Waals surface area contributed by atoms with Crippen LogP contribution in [0.2, 0.25) is 5.15 Å². The zero-order valence-electron chi connectivity index (χ0n) is 10.8. The lowest BCUT2D eigenvalue weighted by molar-refractivity contribution is 0.0680. The highest BCUT2D eigenvalue weighted by Gasteiger charge is 2.42. The lowest BCUT2D eigenvalue weighted by Crippen LogP contribution is -2.42. The molecule has 0 N–H and O–H groups in total. The SMILES string of the molecule is O=C(c1cccnc1Cl)N(C1CC1)C1CCS(=O)(=O)C1. The van der Waals surface area contributed by atoms with Crippen molar-refractivity contribution < 1.29 is 13.2 Å². The van der Waals surface area contributed by atoms with Crippen molar-refractivity contribution in [1.29, 1.82) is 0 Å². The van der Waals surface area contributed by atoms with Gasteiger partial charge in [0.15, 0.2) is 9.84 Å². The predicted octanol–water partition coefficient (Wildman–Crippen LogP) is 1.53. The van der Waals surface area contributed by atoms with Gasteiger partial charge in [0.1, 0.15) is 5.15 Å². The third-order valence-corrected chi connectivity index (χ3v) is 5.82. The van der Waals surface area contributed by atoms with Gasteiger partial charge in [0.2, 0.25) is 0 Å². The minimum absolute atomic E-state index is 0.0626. The number of amides is 1. The fourth-order valence-corrected chi connectivity index (χ4v) is 4.57. The highest BCUT2D eigenvalue weighted by molar-refractivity contribution is 7.91. The summed E-state index contributed by atoms with van der Waals surface area (Å²) < 4.78 is 23.3. The van der Waals surface area contributed by atoms with Crippen molar-refractivity contribution in [3.05, 3.63) is 29.0 Å². The summed E-state index contributed by atoms with van der Waals surface area (Å²) in [7, 11) is -3.01. The maximum atomic E-state index is 12.7. The topological polar surface area (TPSA) is 67.3 Å². The highest BCUT2D eigenvalue weighted by atomic mass is 35.5. The molecule has 0 spiro atoms. The molecule has 108 valence electrons. The molecule has 1 aromatic heterocycles.